The van der Waals surface area contributed by atoms with Gasteiger partial charge in [0.2, 0.25) is 5.91 Å². The first-order valence-electron chi connectivity index (χ1n) is 7.49. The van der Waals surface area contributed by atoms with Gasteiger partial charge in [0.15, 0.2) is 0 Å². The summed E-state index contributed by atoms with van der Waals surface area (Å²) in [6, 6.07) is 3.56. The van der Waals surface area contributed by atoms with Gasteiger partial charge in [-0.1, -0.05) is 19.8 Å². The number of amides is 1. The normalized spacial score (nSPS) is 18.2. The number of carbonyl (C=O) groups is 1. The second-order valence-electron chi connectivity index (χ2n) is 5.43. The Labute approximate surface area is 120 Å². The van der Waals surface area contributed by atoms with E-state index in [0.29, 0.717) is 0 Å². The molecule has 1 aromatic heterocycles. The molecule has 20 heavy (non-hydrogen) atoms. The number of nitrogens with zero attached hydrogens (tertiary/aromatic N) is 2. The van der Waals surface area contributed by atoms with Crippen LogP contribution in [-0.4, -0.2) is 47.9 Å². The zero-order valence-electron chi connectivity index (χ0n) is 12.3. The van der Waals surface area contributed by atoms with E-state index in [1.54, 1.807) is 6.26 Å². The molecule has 1 fully saturated rings. The molecule has 0 aliphatic carbocycles. The van der Waals surface area contributed by atoms with Crippen molar-refractivity contribution in [3.8, 4) is 0 Å². The van der Waals surface area contributed by atoms with E-state index in [1.807, 2.05) is 17.0 Å². The Kier molecular flexibility index (Phi) is 5.61. The van der Waals surface area contributed by atoms with Crippen molar-refractivity contribution in [2.24, 2.45) is 5.73 Å². The SMILES string of the molecule is CCCCC(N)C(=O)N1CCN(Cc2ccco2)CC1. The molecule has 5 heteroatoms. The highest BCUT2D eigenvalue weighted by Crippen LogP contribution is 2.10. The lowest BCUT2D eigenvalue weighted by molar-refractivity contribution is -0.134. The maximum absolute atomic E-state index is 12.2. The molecule has 1 aromatic rings. The smallest absolute Gasteiger partial charge is 0.239 e. The van der Waals surface area contributed by atoms with Crippen molar-refractivity contribution in [1.82, 2.24) is 9.80 Å². The van der Waals surface area contributed by atoms with E-state index >= 15 is 0 Å². The predicted octanol–water partition coefficient (Wildman–Crippen LogP) is 1.44. The maximum Gasteiger partial charge on any atom is 0.239 e. The van der Waals surface area contributed by atoms with Crippen LogP contribution in [0.2, 0.25) is 0 Å². The van der Waals surface area contributed by atoms with Gasteiger partial charge in [0.1, 0.15) is 5.76 Å². The number of rotatable bonds is 6. The molecule has 0 radical (unpaired) electrons. The van der Waals surface area contributed by atoms with Crippen molar-refractivity contribution in [3.63, 3.8) is 0 Å². The third-order valence-electron chi connectivity index (χ3n) is 3.83. The summed E-state index contributed by atoms with van der Waals surface area (Å²) in [7, 11) is 0. The number of hydrogen-bond acceptors (Lipinski definition) is 4. The molecule has 0 bridgehead atoms. The number of furan rings is 1. The average Bonchev–Trinajstić information content (AvgIpc) is 2.97. The second kappa shape index (κ2) is 7.45. The monoisotopic (exact) mass is 279 g/mol. The number of hydrogen-bond donors (Lipinski definition) is 1. The van der Waals surface area contributed by atoms with E-state index in [0.717, 1.165) is 57.7 Å². The van der Waals surface area contributed by atoms with Gasteiger partial charge in [-0.3, -0.25) is 9.69 Å². The molecule has 1 amide bonds. The number of nitrogens with two attached hydrogens (primary N) is 1. The summed E-state index contributed by atoms with van der Waals surface area (Å²) in [5.74, 6) is 1.08. The lowest BCUT2D eigenvalue weighted by Gasteiger charge is -2.35. The van der Waals surface area contributed by atoms with Gasteiger partial charge in [-0.05, 0) is 18.6 Å². The highest BCUT2D eigenvalue weighted by atomic mass is 16.3. The molecule has 2 heterocycles. The molecule has 5 nitrogen and oxygen atoms in total. The number of piperazine rings is 1. The van der Waals surface area contributed by atoms with Crippen LogP contribution in [0.1, 0.15) is 31.9 Å². The molecule has 0 aromatic carbocycles. The van der Waals surface area contributed by atoms with E-state index in [4.69, 9.17) is 10.2 Å². The van der Waals surface area contributed by atoms with Crippen LogP contribution < -0.4 is 5.73 Å². The summed E-state index contributed by atoms with van der Waals surface area (Å²) in [4.78, 5) is 16.4. The first kappa shape index (κ1) is 15.1. The number of unbranched alkanes of at least 4 members (excludes halogenated alkanes) is 1. The van der Waals surface area contributed by atoms with Crippen molar-refractivity contribution in [3.05, 3.63) is 24.2 Å². The lowest BCUT2D eigenvalue weighted by Crippen LogP contribution is -2.52. The van der Waals surface area contributed by atoms with Crippen molar-refractivity contribution in [2.45, 2.75) is 38.8 Å². The molecule has 2 N–H and O–H groups in total. The Morgan fingerprint density at radius 3 is 2.75 bits per heavy atom. The first-order valence-corrected chi connectivity index (χ1v) is 7.49. The Morgan fingerprint density at radius 2 is 2.15 bits per heavy atom. The van der Waals surface area contributed by atoms with Gasteiger partial charge in [-0.2, -0.15) is 0 Å². The first-order chi connectivity index (χ1) is 9.70. The lowest BCUT2D eigenvalue weighted by atomic mass is 10.1. The molecule has 1 aliphatic rings. The summed E-state index contributed by atoms with van der Waals surface area (Å²) >= 11 is 0. The summed E-state index contributed by atoms with van der Waals surface area (Å²) in [5, 5.41) is 0. The Morgan fingerprint density at radius 1 is 1.40 bits per heavy atom. The molecule has 1 unspecified atom stereocenters. The molecule has 2 rings (SSSR count). The molecule has 0 saturated carbocycles. The highest BCUT2D eigenvalue weighted by Gasteiger charge is 2.25. The standard InChI is InChI=1S/C15H25N3O2/c1-2-3-6-14(16)15(19)18-9-7-17(8-10-18)12-13-5-4-11-20-13/h4-5,11,14H,2-3,6-10,12,16H2,1H3. The summed E-state index contributed by atoms with van der Waals surface area (Å²) in [6.07, 6.45) is 4.59. The van der Waals surface area contributed by atoms with Crippen LogP contribution in [0.15, 0.2) is 22.8 Å². The third-order valence-corrected chi connectivity index (χ3v) is 3.83. The summed E-state index contributed by atoms with van der Waals surface area (Å²) < 4.78 is 5.35. The predicted molar refractivity (Wildman–Crippen MR) is 78.1 cm³/mol. The van der Waals surface area contributed by atoms with Gasteiger partial charge >= 0.3 is 0 Å². The van der Waals surface area contributed by atoms with Crippen LogP contribution in [0.3, 0.4) is 0 Å². The third kappa shape index (κ3) is 4.08. The minimum absolute atomic E-state index is 0.107. The fourth-order valence-electron chi connectivity index (χ4n) is 2.53. The molecule has 1 saturated heterocycles. The van der Waals surface area contributed by atoms with Gasteiger partial charge in [0.25, 0.3) is 0 Å². The van der Waals surface area contributed by atoms with Gasteiger partial charge < -0.3 is 15.1 Å². The van der Waals surface area contributed by atoms with E-state index < -0.39 is 0 Å². The van der Waals surface area contributed by atoms with Crippen LogP contribution in [0.25, 0.3) is 0 Å². The second-order valence-corrected chi connectivity index (χ2v) is 5.43. The van der Waals surface area contributed by atoms with Crippen LogP contribution in [0, 0.1) is 0 Å². The molecule has 1 aliphatic heterocycles. The van der Waals surface area contributed by atoms with E-state index in [-0.39, 0.29) is 11.9 Å². The van der Waals surface area contributed by atoms with Crippen molar-refractivity contribution in [1.29, 1.82) is 0 Å². The van der Waals surface area contributed by atoms with Crippen LogP contribution >= 0.6 is 0 Å². The fourth-order valence-corrected chi connectivity index (χ4v) is 2.53. The molecule has 1 atom stereocenters. The molecular weight excluding hydrogens is 254 g/mol. The van der Waals surface area contributed by atoms with E-state index in [2.05, 4.69) is 11.8 Å². The Balaban J connectivity index is 1.74. The van der Waals surface area contributed by atoms with Crippen molar-refractivity contribution in [2.75, 3.05) is 26.2 Å². The van der Waals surface area contributed by atoms with E-state index in [9.17, 15) is 4.79 Å². The van der Waals surface area contributed by atoms with Gasteiger partial charge in [0.05, 0.1) is 18.8 Å². The summed E-state index contributed by atoms with van der Waals surface area (Å²) in [5.41, 5.74) is 5.96. The quantitative estimate of drug-likeness (QED) is 0.856. The Bertz CT molecular complexity index is 397. The van der Waals surface area contributed by atoms with Crippen LogP contribution in [0.4, 0.5) is 0 Å². The minimum Gasteiger partial charge on any atom is -0.468 e. The maximum atomic E-state index is 12.2. The van der Waals surface area contributed by atoms with Gasteiger partial charge in [0, 0.05) is 26.2 Å². The highest BCUT2D eigenvalue weighted by molar-refractivity contribution is 5.81. The average molecular weight is 279 g/mol. The fraction of sp³-hybridized carbons (Fsp3) is 0.667. The summed E-state index contributed by atoms with van der Waals surface area (Å²) in [6.45, 7) is 6.22. The van der Waals surface area contributed by atoms with E-state index in [1.165, 1.54) is 0 Å². The van der Waals surface area contributed by atoms with Gasteiger partial charge in [-0.25, -0.2) is 0 Å². The molecule has 112 valence electrons. The zero-order chi connectivity index (χ0) is 14.4. The van der Waals surface area contributed by atoms with Crippen molar-refractivity contribution < 1.29 is 9.21 Å². The van der Waals surface area contributed by atoms with Gasteiger partial charge in [-0.15, -0.1) is 0 Å². The Hall–Kier alpha value is -1.33. The van der Waals surface area contributed by atoms with Crippen molar-refractivity contribution >= 4 is 5.91 Å². The molecular formula is C15H25N3O2. The topological polar surface area (TPSA) is 62.7 Å². The minimum atomic E-state index is -0.327. The number of carbonyl (C=O) groups excluding carboxylic acids is 1. The van der Waals surface area contributed by atoms with Crippen LogP contribution in [0.5, 0.6) is 0 Å². The molecule has 0 spiro atoms. The largest absolute Gasteiger partial charge is 0.468 e. The zero-order valence-corrected chi connectivity index (χ0v) is 12.3. The van der Waals surface area contributed by atoms with Crippen LogP contribution in [-0.2, 0) is 11.3 Å².